The molecule has 1 N–H and O–H groups in total. The Morgan fingerprint density at radius 1 is 1.12 bits per heavy atom. The summed E-state index contributed by atoms with van der Waals surface area (Å²) in [6, 6.07) is 12.6. The molecule has 0 unspecified atom stereocenters. The van der Waals surface area contributed by atoms with Crippen molar-refractivity contribution < 1.29 is 22.7 Å². The Kier molecular flexibility index (Phi) is 8.41. The highest BCUT2D eigenvalue weighted by Gasteiger charge is 2.43. The van der Waals surface area contributed by atoms with E-state index < -0.39 is 15.6 Å². The quantitative estimate of drug-likeness (QED) is 0.355. The molecule has 5 rings (SSSR count). The molecule has 10 heteroatoms. The minimum absolute atomic E-state index is 0.0128. The maximum atomic E-state index is 13.0. The third-order valence-electron chi connectivity index (χ3n) is 7.71. The van der Waals surface area contributed by atoms with Crippen molar-refractivity contribution in [2.75, 3.05) is 19.6 Å². The Labute approximate surface area is 246 Å². The molecule has 1 aliphatic carbocycles. The van der Waals surface area contributed by atoms with Crippen LogP contribution in [0.25, 0.3) is 10.8 Å². The second-order valence-electron chi connectivity index (χ2n) is 12.1. The molecule has 1 aliphatic heterocycles. The molecule has 41 heavy (non-hydrogen) atoms. The fourth-order valence-corrected chi connectivity index (χ4v) is 6.80. The number of nitrogens with zero attached hydrogens (tertiary/aromatic N) is 2. The summed E-state index contributed by atoms with van der Waals surface area (Å²) in [5, 5.41) is 2.38. The van der Waals surface area contributed by atoms with Crippen molar-refractivity contribution in [1.82, 2.24) is 14.6 Å². The number of benzene rings is 2. The van der Waals surface area contributed by atoms with Crippen molar-refractivity contribution in [1.29, 1.82) is 0 Å². The smallest absolute Gasteiger partial charge is 0.410 e. The van der Waals surface area contributed by atoms with Crippen LogP contribution in [-0.2, 0) is 26.0 Å². The molecule has 1 saturated carbocycles. The average Bonchev–Trinajstić information content (AvgIpc) is 3.73. The van der Waals surface area contributed by atoms with E-state index in [-0.39, 0.29) is 41.1 Å². The number of piperidine rings is 1. The van der Waals surface area contributed by atoms with E-state index in [0.717, 1.165) is 41.2 Å². The van der Waals surface area contributed by atoms with Gasteiger partial charge in [0, 0.05) is 55.1 Å². The molecule has 2 aliphatic rings. The molecule has 1 saturated heterocycles. The lowest BCUT2D eigenvalue weighted by atomic mass is 9.99. The van der Waals surface area contributed by atoms with E-state index in [0.29, 0.717) is 24.5 Å². The summed E-state index contributed by atoms with van der Waals surface area (Å²) in [5.74, 6) is 0.213. The number of halogens is 1. The van der Waals surface area contributed by atoms with Crippen molar-refractivity contribution in [3.63, 3.8) is 0 Å². The summed E-state index contributed by atoms with van der Waals surface area (Å²) < 4.78 is 34.1. The van der Waals surface area contributed by atoms with Crippen molar-refractivity contribution in [3.05, 3.63) is 71.0 Å². The van der Waals surface area contributed by atoms with Gasteiger partial charge in [-0.3, -0.25) is 9.78 Å². The molecule has 8 nitrogen and oxygen atoms in total. The Bertz CT molecular complexity index is 1550. The number of sulfonamides is 1. The lowest BCUT2D eigenvalue weighted by Crippen LogP contribution is -2.45. The molecule has 1 aromatic heterocycles. The standard InChI is InChI=1S/C31H36ClN3O5S/c1-31(2,3)40-30(37)35-12-4-5-21(19-35)16-34-41(38,39)24-10-8-22(9-11-24)25-15-27(25)29(36)14-20-6-7-23-17-33-18-28(32)26(23)13-20/h6-11,13,17-18,21,25,27,34H,4-5,12,14-16,19H2,1-3H3/t21-,25-,27+/m0/s1. The molecular formula is C31H36ClN3O5S. The summed E-state index contributed by atoms with van der Waals surface area (Å²) in [6.45, 7) is 6.80. The first kappa shape index (κ1) is 29.5. The van der Waals surface area contributed by atoms with E-state index in [2.05, 4.69) is 9.71 Å². The van der Waals surface area contributed by atoms with Gasteiger partial charge in [-0.05, 0) is 81.2 Å². The number of hydrogen-bond acceptors (Lipinski definition) is 6. The number of ketones is 1. The Balaban J connectivity index is 1.14. The maximum absolute atomic E-state index is 13.0. The third-order valence-corrected chi connectivity index (χ3v) is 9.45. The largest absolute Gasteiger partial charge is 0.444 e. The molecule has 3 atom stereocenters. The van der Waals surface area contributed by atoms with Gasteiger partial charge in [0.05, 0.1) is 9.92 Å². The maximum Gasteiger partial charge on any atom is 0.410 e. The SMILES string of the molecule is CC(C)(C)OC(=O)N1CCC[C@@H](CNS(=O)(=O)c2ccc([C@@H]3C[C@H]3C(=O)Cc3ccc4cncc(Cl)c4c3)cc2)C1. The van der Waals surface area contributed by atoms with Gasteiger partial charge in [0.2, 0.25) is 10.0 Å². The second kappa shape index (κ2) is 11.7. The van der Waals surface area contributed by atoms with Crippen LogP contribution in [0, 0.1) is 11.8 Å². The Hall–Kier alpha value is -3.01. The van der Waals surface area contributed by atoms with Gasteiger partial charge in [0.25, 0.3) is 0 Å². The highest BCUT2D eigenvalue weighted by molar-refractivity contribution is 7.89. The lowest BCUT2D eigenvalue weighted by molar-refractivity contribution is -0.119. The van der Waals surface area contributed by atoms with Crippen LogP contribution < -0.4 is 4.72 Å². The number of fused-ring (bicyclic) bond motifs is 1. The lowest BCUT2D eigenvalue weighted by Gasteiger charge is -2.34. The van der Waals surface area contributed by atoms with Gasteiger partial charge < -0.3 is 9.64 Å². The molecule has 0 spiro atoms. The van der Waals surface area contributed by atoms with Crippen LogP contribution >= 0.6 is 11.6 Å². The Morgan fingerprint density at radius 2 is 1.88 bits per heavy atom. The van der Waals surface area contributed by atoms with E-state index in [1.807, 2.05) is 39.0 Å². The third kappa shape index (κ3) is 7.26. The predicted octanol–water partition coefficient (Wildman–Crippen LogP) is 5.73. The summed E-state index contributed by atoms with van der Waals surface area (Å²) in [6.07, 6.45) is 5.71. The summed E-state index contributed by atoms with van der Waals surface area (Å²) in [5.41, 5.74) is 1.31. The molecule has 2 heterocycles. The van der Waals surface area contributed by atoms with E-state index in [4.69, 9.17) is 16.3 Å². The number of hydrogen-bond donors (Lipinski definition) is 1. The van der Waals surface area contributed by atoms with Gasteiger partial charge in [-0.25, -0.2) is 17.9 Å². The van der Waals surface area contributed by atoms with Crippen molar-refractivity contribution >= 4 is 44.3 Å². The number of pyridine rings is 1. The predicted molar refractivity (Wildman–Crippen MR) is 158 cm³/mol. The highest BCUT2D eigenvalue weighted by Crippen LogP contribution is 2.48. The molecule has 2 fully saturated rings. The fraction of sp³-hybridized carbons (Fsp3) is 0.452. The first-order valence-electron chi connectivity index (χ1n) is 14.0. The zero-order chi connectivity index (χ0) is 29.4. The monoisotopic (exact) mass is 597 g/mol. The van der Waals surface area contributed by atoms with Crippen LogP contribution in [0.3, 0.4) is 0 Å². The summed E-state index contributed by atoms with van der Waals surface area (Å²) >= 11 is 6.27. The number of aromatic nitrogens is 1. The van der Waals surface area contributed by atoms with Crippen molar-refractivity contribution in [2.45, 2.75) is 62.9 Å². The topological polar surface area (TPSA) is 106 Å². The molecule has 0 radical (unpaired) electrons. The van der Waals surface area contributed by atoms with Gasteiger partial charge >= 0.3 is 6.09 Å². The number of nitrogens with one attached hydrogen (secondary N) is 1. The van der Waals surface area contributed by atoms with Crippen LogP contribution in [0.1, 0.15) is 57.1 Å². The first-order valence-corrected chi connectivity index (χ1v) is 15.9. The summed E-state index contributed by atoms with van der Waals surface area (Å²) in [7, 11) is -3.71. The zero-order valence-corrected chi connectivity index (χ0v) is 25.2. The number of carbonyl (C=O) groups excluding carboxylic acids is 2. The van der Waals surface area contributed by atoms with E-state index in [9.17, 15) is 18.0 Å². The highest BCUT2D eigenvalue weighted by atomic mass is 35.5. The van der Waals surface area contributed by atoms with Crippen LogP contribution in [0.5, 0.6) is 0 Å². The van der Waals surface area contributed by atoms with Crippen LogP contribution in [-0.4, -0.2) is 55.4 Å². The number of likely N-dealkylation sites (tertiary alicyclic amines) is 1. The van der Waals surface area contributed by atoms with Crippen LogP contribution in [0.2, 0.25) is 5.02 Å². The fourth-order valence-electron chi connectivity index (χ4n) is 5.47. The second-order valence-corrected chi connectivity index (χ2v) is 14.3. The molecular weight excluding hydrogens is 562 g/mol. The Morgan fingerprint density at radius 3 is 2.61 bits per heavy atom. The van der Waals surface area contributed by atoms with Crippen LogP contribution in [0.15, 0.2) is 59.8 Å². The van der Waals surface area contributed by atoms with Crippen LogP contribution in [0.4, 0.5) is 4.79 Å². The number of amides is 1. The van der Waals surface area contributed by atoms with E-state index in [1.54, 1.807) is 41.6 Å². The molecule has 218 valence electrons. The average molecular weight is 598 g/mol. The zero-order valence-electron chi connectivity index (χ0n) is 23.6. The van der Waals surface area contributed by atoms with Crippen molar-refractivity contribution in [2.24, 2.45) is 11.8 Å². The van der Waals surface area contributed by atoms with Gasteiger partial charge in [-0.2, -0.15) is 0 Å². The van der Waals surface area contributed by atoms with E-state index >= 15 is 0 Å². The normalized spacial score (nSPS) is 21.1. The first-order chi connectivity index (χ1) is 19.4. The van der Waals surface area contributed by atoms with Gasteiger partial charge in [0.15, 0.2) is 0 Å². The number of ether oxygens (including phenoxy) is 1. The van der Waals surface area contributed by atoms with Gasteiger partial charge in [0.1, 0.15) is 11.4 Å². The van der Waals surface area contributed by atoms with Gasteiger partial charge in [-0.15, -0.1) is 0 Å². The number of rotatable bonds is 8. The molecule has 1 amide bonds. The number of carbonyl (C=O) groups is 2. The minimum Gasteiger partial charge on any atom is -0.444 e. The summed E-state index contributed by atoms with van der Waals surface area (Å²) in [4.78, 5) is 31.4. The minimum atomic E-state index is -3.71. The van der Waals surface area contributed by atoms with Gasteiger partial charge in [-0.1, -0.05) is 35.9 Å². The van der Waals surface area contributed by atoms with Crippen molar-refractivity contribution in [3.8, 4) is 0 Å². The number of Topliss-reactive ketones (excluding diaryl/α,β-unsaturated/α-hetero) is 1. The van der Waals surface area contributed by atoms with E-state index in [1.165, 1.54) is 0 Å². The molecule has 2 aromatic carbocycles. The molecule has 0 bridgehead atoms. The molecule has 3 aromatic rings.